The number of halogens is 1. The van der Waals surface area contributed by atoms with Crippen molar-refractivity contribution in [2.45, 2.75) is 32.2 Å². The van der Waals surface area contributed by atoms with Crippen LogP contribution >= 0.6 is 12.6 Å². The first kappa shape index (κ1) is 14.0. The van der Waals surface area contributed by atoms with E-state index in [4.69, 9.17) is 0 Å². The molecule has 0 saturated carbocycles. The van der Waals surface area contributed by atoms with E-state index in [2.05, 4.69) is 47.5 Å². The van der Waals surface area contributed by atoms with E-state index in [1.165, 1.54) is 25.7 Å². The summed E-state index contributed by atoms with van der Waals surface area (Å²) in [5.74, 6) is 1.03. The third kappa shape index (κ3) is 5.70. The molecule has 0 unspecified atom stereocenters. The second-order valence-electron chi connectivity index (χ2n) is 3.45. The van der Waals surface area contributed by atoms with Crippen LogP contribution in [0.1, 0.15) is 25.7 Å². The molecule has 0 aliphatic heterocycles. The number of rotatable bonds is 6. The molecule has 1 heterocycles. The van der Waals surface area contributed by atoms with Crippen LogP contribution in [0.25, 0.3) is 0 Å². The van der Waals surface area contributed by atoms with Crippen LogP contribution in [0.4, 0.5) is 0 Å². The van der Waals surface area contributed by atoms with Crippen molar-refractivity contribution in [3.05, 3.63) is 18.7 Å². The van der Waals surface area contributed by atoms with Gasteiger partial charge in [-0.1, -0.05) is 6.42 Å². The number of hydrogen-bond acceptors (Lipinski definition) is 1. The molecule has 0 spiro atoms. The number of aromatic nitrogens is 2. The first-order valence-corrected chi connectivity index (χ1v) is 5.58. The Morgan fingerprint density at radius 3 is 2.50 bits per heavy atom. The Morgan fingerprint density at radius 2 is 1.93 bits per heavy atom. The molecule has 2 nitrogen and oxygen atoms in total. The number of hydrogen-bond donors (Lipinski definition) is 1. The molecule has 0 aromatic carbocycles. The van der Waals surface area contributed by atoms with E-state index in [0.717, 1.165) is 12.3 Å². The van der Waals surface area contributed by atoms with Gasteiger partial charge in [-0.3, -0.25) is 0 Å². The van der Waals surface area contributed by atoms with Gasteiger partial charge in [-0.2, -0.15) is 12.6 Å². The second-order valence-corrected chi connectivity index (χ2v) is 3.90. The molecule has 0 bridgehead atoms. The lowest BCUT2D eigenvalue weighted by atomic mass is 10.2. The summed E-state index contributed by atoms with van der Waals surface area (Å²) >= 11 is 4.19. The zero-order valence-electron chi connectivity index (χ0n) is 8.69. The Bertz CT molecular complexity index is 238. The van der Waals surface area contributed by atoms with Gasteiger partial charge in [0, 0.05) is 0 Å². The Kier molecular flexibility index (Phi) is 8.38. The zero-order chi connectivity index (χ0) is 9.52. The molecule has 0 radical (unpaired) electrons. The largest absolute Gasteiger partial charge is 1.00 e. The van der Waals surface area contributed by atoms with Gasteiger partial charge in [0.05, 0.1) is 13.6 Å². The van der Waals surface area contributed by atoms with Gasteiger partial charge in [-0.15, -0.1) is 0 Å². The molecule has 0 saturated heterocycles. The van der Waals surface area contributed by atoms with Crippen LogP contribution in [-0.2, 0) is 13.6 Å². The molecule has 1 rings (SSSR count). The summed E-state index contributed by atoms with van der Waals surface area (Å²) < 4.78 is 4.31. The second kappa shape index (κ2) is 8.36. The first-order chi connectivity index (χ1) is 6.33. The molecule has 14 heavy (non-hydrogen) atoms. The minimum Gasteiger partial charge on any atom is -1.00 e. The highest BCUT2D eigenvalue weighted by Crippen LogP contribution is 2.02. The monoisotopic (exact) mass is 278 g/mol. The number of unbranched alkanes of at least 4 members (excludes halogenated alkanes) is 3. The molecular formula is C10H19BrN2S. The SMILES string of the molecule is C[n+]1ccn(CCCCCCS)c1.[Br-]. The van der Waals surface area contributed by atoms with Crippen LogP contribution in [0, 0.1) is 0 Å². The number of aryl methyl sites for hydroxylation is 2. The van der Waals surface area contributed by atoms with E-state index < -0.39 is 0 Å². The van der Waals surface area contributed by atoms with Crippen LogP contribution in [0.15, 0.2) is 18.7 Å². The number of thiol groups is 1. The van der Waals surface area contributed by atoms with Crippen LogP contribution in [-0.4, -0.2) is 10.3 Å². The summed E-state index contributed by atoms with van der Waals surface area (Å²) in [5.41, 5.74) is 0. The van der Waals surface area contributed by atoms with Crippen molar-refractivity contribution >= 4 is 12.6 Å². The lowest BCUT2D eigenvalue weighted by Gasteiger charge is -1.96. The standard InChI is InChI=1S/C10H18N2S.BrH/c1-11-7-8-12(10-11)6-4-2-3-5-9-13;/h7-8,10H,2-6,9H2,1H3;1H. The predicted molar refractivity (Wildman–Crippen MR) is 57.9 cm³/mol. The summed E-state index contributed by atoms with van der Waals surface area (Å²) in [6, 6.07) is 0. The maximum Gasteiger partial charge on any atom is 0.243 e. The molecule has 0 N–H and O–H groups in total. The van der Waals surface area contributed by atoms with Gasteiger partial charge < -0.3 is 17.0 Å². The molecular weight excluding hydrogens is 260 g/mol. The van der Waals surface area contributed by atoms with Gasteiger partial charge in [0.25, 0.3) is 0 Å². The summed E-state index contributed by atoms with van der Waals surface area (Å²) in [4.78, 5) is 0. The summed E-state index contributed by atoms with van der Waals surface area (Å²) in [7, 11) is 2.05. The average molecular weight is 279 g/mol. The summed E-state index contributed by atoms with van der Waals surface area (Å²) in [6.07, 6.45) is 11.5. The number of nitrogens with zero attached hydrogens (tertiary/aromatic N) is 2. The first-order valence-electron chi connectivity index (χ1n) is 4.95. The number of imidazole rings is 1. The fourth-order valence-electron chi connectivity index (χ4n) is 1.39. The minimum absolute atomic E-state index is 0. The highest BCUT2D eigenvalue weighted by Gasteiger charge is 1.98. The van der Waals surface area contributed by atoms with Crippen molar-refractivity contribution in [2.75, 3.05) is 5.75 Å². The van der Waals surface area contributed by atoms with Crippen LogP contribution < -0.4 is 21.5 Å². The Balaban J connectivity index is 0.00000169. The van der Waals surface area contributed by atoms with Crippen LogP contribution in [0.2, 0.25) is 0 Å². The molecule has 0 fully saturated rings. The average Bonchev–Trinajstić information content (AvgIpc) is 2.51. The molecule has 4 heteroatoms. The molecule has 0 aliphatic carbocycles. The Hall–Kier alpha value is 0.0400. The van der Waals surface area contributed by atoms with Crippen molar-refractivity contribution in [1.82, 2.24) is 4.57 Å². The maximum atomic E-state index is 4.19. The summed E-state index contributed by atoms with van der Waals surface area (Å²) in [6.45, 7) is 1.15. The van der Waals surface area contributed by atoms with Crippen molar-refractivity contribution in [3.63, 3.8) is 0 Å². The quantitative estimate of drug-likeness (QED) is 0.381. The van der Waals surface area contributed by atoms with E-state index in [1.54, 1.807) is 0 Å². The molecule has 82 valence electrons. The van der Waals surface area contributed by atoms with Gasteiger partial charge >= 0.3 is 0 Å². The molecule has 0 aliphatic rings. The van der Waals surface area contributed by atoms with Gasteiger partial charge in [0.1, 0.15) is 12.4 Å². The third-order valence-corrected chi connectivity index (χ3v) is 2.46. The molecule has 0 atom stereocenters. The van der Waals surface area contributed by atoms with E-state index in [9.17, 15) is 0 Å². The van der Waals surface area contributed by atoms with Crippen LogP contribution in [0.3, 0.4) is 0 Å². The van der Waals surface area contributed by atoms with Gasteiger partial charge in [0.2, 0.25) is 6.33 Å². The van der Waals surface area contributed by atoms with Crippen molar-refractivity contribution < 1.29 is 21.5 Å². The van der Waals surface area contributed by atoms with Gasteiger partial charge in [-0.05, 0) is 25.0 Å². The van der Waals surface area contributed by atoms with Gasteiger partial charge in [-0.25, -0.2) is 9.13 Å². The molecule has 1 aromatic heterocycles. The summed E-state index contributed by atoms with van der Waals surface area (Å²) in [5, 5.41) is 0. The normalized spacial score (nSPS) is 9.86. The fourth-order valence-corrected chi connectivity index (χ4v) is 1.62. The Labute approximate surface area is 103 Å². The highest BCUT2D eigenvalue weighted by molar-refractivity contribution is 7.80. The third-order valence-electron chi connectivity index (χ3n) is 2.15. The highest BCUT2D eigenvalue weighted by atomic mass is 79.9. The van der Waals surface area contributed by atoms with Gasteiger partial charge in [0.15, 0.2) is 0 Å². The van der Waals surface area contributed by atoms with Crippen molar-refractivity contribution in [1.29, 1.82) is 0 Å². The van der Waals surface area contributed by atoms with Crippen LogP contribution in [0.5, 0.6) is 0 Å². The van der Waals surface area contributed by atoms with Crippen molar-refractivity contribution in [3.8, 4) is 0 Å². The smallest absolute Gasteiger partial charge is 0.243 e. The van der Waals surface area contributed by atoms with Crippen molar-refractivity contribution in [2.24, 2.45) is 7.05 Å². The van der Waals surface area contributed by atoms with E-state index in [-0.39, 0.29) is 17.0 Å². The van der Waals surface area contributed by atoms with E-state index in [1.807, 2.05) is 0 Å². The zero-order valence-corrected chi connectivity index (χ0v) is 11.2. The Morgan fingerprint density at radius 1 is 1.21 bits per heavy atom. The molecule has 0 amide bonds. The predicted octanol–water partition coefficient (Wildman–Crippen LogP) is -1.19. The lowest BCUT2D eigenvalue weighted by molar-refractivity contribution is -0.671. The van der Waals surface area contributed by atoms with E-state index >= 15 is 0 Å². The topological polar surface area (TPSA) is 8.81 Å². The fraction of sp³-hybridized carbons (Fsp3) is 0.700. The lowest BCUT2D eigenvalue weighted by Crippen LogP contribution is -3.00. The minimum atomic E-state index is 0. The maximum absolute atomic E-state index is 4.19. The van der Waals surface area contributed by atoms with E-state index in [0.29, 0.717) is 0 Å². The molecule has 1 aromatic rings.